The number of hydrogen-bond acceptors (Lipinski definition) is 7. The Kier molecular flexibility index (Phi) is 7.05. The van der Waals surface area contributed by atoms with Crippen LogP contribution >= 0.6 is 0 Å². The highest BCUT2D eigenvalue weighted by Gasteiger charge is 2.48. The summed E-state index contributed by atoms with van der Waals surface area (Å²) < 4.78 is 74.2. The molecule has 29 heavy (non-hydrogen) atoms. The molecule has 0 aliphatic carbocycles. The Bertz CT molecular complexity index is 833. The number of hydrogen-bond donors (Lipinski definition) is 1. The molecule has 0 spiro atoms. The van der Waals surface area contributed by atoms with Gasteiger partial charge in [0.1, 0.15) is 23.7 Å². The van der Waals surface area contributed by atoms with E-state index < -0.39 is 27.0 Å². The van der Waals surface area contributed by atoms with Crippen LogP contribution in [-0.4, -0.2) is 44.7 Å². The van der Waals surface area contributed by atoms with E-state index in [0.717, 1.165) is 12.1 Å². The molecule has 1 atom stereocenters. The van der Waals surface area contributed by atoms with Crippen LogP contribution in [0.3, 0.4) is 0 Å². The SMILES string of the molecule is CC(C)(C)OC(=O)CCCNC1COc2cc(OS(=O)(=O)C(F)(F)F)ccc2C1. The zero-order valence-electron chi connectivity index (χ0n) is 16.3. The first-order chi connectivity index (χ1) is 13.3. The van der Waals surface area contributed by atoms with Crippen molar-refractivity contribution in [2.45, 2.75) is 57.2 Å². The number of halogens is 3. The minimum absolute atomic E-state index is 0.0492. The highest BCUT2D eigenvalue weighted by atomic mass is 32.2. The van der Waals surface area contributed by atoms with E-state index in [-0.39, 0.29) is 30.8 Å². The first kappa shape index (κ1) is 23.3. The van der Waals surface area contributed by atoms with Gasteiger partial charge in [0.05, 0.1) is 0 Å². The number of rotatable bonds is 7. The highest BCUT2D eigenvalue weighted by Crippen LogP contribution is 2.32. The second-order valence-corrected chi connectivity index (χ2v) is 9.15. The molecule has 2 rings (SSSR count). The maximum absolute atomic E-state index is 12.4. The van der Waals surface area contributed by atoms with Crippen LogP contribution in [0.2, 0.25) is 0 Å². The number of carbonyl (C=O) groups excluding carboxylic acids is 1. The number of nitrogens with one attached hydrogen (secondary N) is 1. The summed E-state index contributed by atoms with van der Waals surface area (Å²) in [5, 5.41) is 3.24. The standard InChI is InChI=1S/C18H24F3NO6S/c1-17(2,3)27-16(23)5-4-8-22-13-9-12-6-7-14(10-15(12)26-11-13)28-29(24,25)18(19,20)21/h6-7,10,13,22H,4-5,8-9,11H2,1-3H3. The van der Waals surface area contributed by atoms with E-state index in [1.165, 1.54) is 6.07 Å². The summed E-state index contributed by atoms with van der Waals surface area (Å²) in [6.45, 7) is 6.21. The number of benzene rings is 1. The van der Waals surface area contributed by atoms with Gasteiger partial charge >= 0.3 is 21.6 Å². The van der Waals surface area contributed by atoms with Crippen molar-refractivity contribution in [3.8, 4) is 11.5 Å². The Morgan fingerprint density at radius 3 is 2.59 bits per heavy atom. The second kappa shape index (κ2) is 8.78. The average molecular weight is 439 g/mol. The van der Waals surface area contributed by atoms with E-state index in [2.05, 4.69) is 9.50 Å². The topological polar surface area (TPSA) is 90.9 Å². The summed E-state index contributed by atoms with van der Waals surface area (Å²) in [6, 6.07) is 3.69. The lowest BCUT2D eigenvalue weighted by Gasteiger charge is -2.26. The molecule has 0 bridgehead atoms. The first-order valence-corrected chi connectivity index (χ1v) is 10.4. The van der Waals surface area contributed by atoms with Crippen molar-refractivity contribution >= 4 is 16.1 Å². The summed E-state index contributed by atoms with van der Waals surface area (Å²) >= 11 is 0. The maximum atomic E-state index is 12.4. The Balaban J connectivity index is 1.84. The fourth-order valence-electron chi connectivity index (χ4n) is 2.64. The van der Waals surface area contributed by atoms with Crippen molar-refractivity contribution in [2.75, 3.05) is 13.2 Å². The number of ether oxygens (including phenoxy) is 2. The summed E-state index contributed by atoms with van der Waals surface area (Å²) in [6.07, 6.45) is 1.40. The lowest BCUT2D eigenvalue weighted by atomic mass is 10.0. The van der Waals surface area contributed by atoms with Gasteiger partial charge in [0.25, 0.3) is 0 Å². The third-order valence-corrected chi connectivity index (χ3v) is 4.82. The van der Waals surface area contributed by atoms with Gasteiger partial charge in [-0.05, 0) is 51.8 Å². The van der Waals surface area contributed by atoms with Crippen molar-refractivity contribution in [1.82, 2.24) is 5.32 Å². The number of fused-ring (bicyclic) bond motifs is 1. The van der Waals surface area contributed by atoms with E-state index in [1.54, 1.807) is 20.8 Å². The van der Waals surface area contributed by atoms with Crippen LogP contribution in [0.5, 0.6) is 11.5 Å². The highest BCUT2D eigenvalue weighted by molar-refractivity contribution is 7.88. The van der Waals surface area contributed by atoms with Crippen LogP contribution < -0.4 is 14.2 Å². The second-order valence-electron chi connectivity index (χ2n) is 7.61. The summed E-state index contributed by atoms with van der Waals surface area (Å²) in [7, 11) is -5.73. The first-order valence-electron chi connectivity index (χ1n) is 8.98. The van der Waals surface area contributed by atoms with E-state index in [9.17, 15) is 26.4 Å². The monoisotopic (exact) mass is 439 g/mol. The third-order valence-electron chi connectivity index (χ3n) is 3.85. The van der Waals surface area contributed by atoms with Crippen LogP contribution in [-0.2, 0) is 26.1 Å². The molecule has 1 heterocycles. The average Bonchev–Trinajstić information content (AvgIpc) is 2.56. The molecule has 0 radical (unpaired) electrons. The van der Waals surface area contributed by atoms with Gasteiger partial charge in [-0.3, -0.25) is 4.79 Å². The zero-order chi connectivity index (χ0) is 21.9. The van der Waals surface area contributed by atoms with Gasteiger partial charge in [-0.2, -0.15) is 21.6 Å². The smallest absolute Gasteiger partial charge is 0.492 e. The molecule has 0 saturated carbocycles. The van der Waals surface area contributed by atoms with Crippen LogP contribution in [0.15, 0.2) is 18.2 Å². The molecule has 7 nitrogen and oxygen atoms in total. The predicted molar refractivity (Wildman–Crippen MR) is 98.1 cm³/mol. The van der Waals surface area contributed by atoms with Crippen LogP contribution in [0.25, 0.3) is 0 Å². The number of alkyl halides is 3. The third kappa shape index (κ3) is 7.07. The molecular formula is C18H24F3NO6S. The molecule has 0 amide bonds. The molecule has 1 N–H and O–H groups in total. The number of carbonyl (C=O) groups is 1. The summed E-state index contributed by atoms with van der Waals surface area (Å²) in [4.78, 5) is 11.7. The number of esters is 1. The fraction of sp³-hybridized carbons (Fsp3) is 0.611. The molecule has 1 aliphatic heterocycles. The quantitative estimate of drug-likeness (QED) is 0.302. The Morgan fingerprint density at radius 1 is 1.28 bits per heavy atom. The van der Waals surface area contributed by atoms with Gasteiger partial charge in [-0.15, -0.1) is 0 Å². The van der Waals surface area contributed by atoms with Gasteiger partial charge in [-0.25, -0.2) is 0 Å². The zero-order valence-corrected chi connectivity index (χ0v) is 17.2. The molecule has 0 aromatic heterocycles. The molecular weight excluding hydrogens is 415 g/mol. The lowest BCUT2D eigenvalue weighted by molar-refractivity contribution is -0.154. The van der Waals surface area contributed by atoms with Gasteiger partial charge in [0.2, 0.25) is 0 Å². The molecule has 164 valence electrons. The van der Waals surface area contributed by atoms with Crippen LogP contribution in [0.1, 0.15) is 39.2 Å². The van der Waals surface area contributed by atoms with Crippen LogP contribution in [0.4, 0.5) is 13.2 Å². The van der Waals surface area contributed by atoms with E-state index in [4.69, 9.17) is 9.47 Å². The van der Waals surface area contributed by atoms with Gasteiger partial charge in [-0.1, -0.05) is 6.07 Å². The van der Waals surface area contributed by atoms with E-state index in [0.29, 0.717) is 24.9 Å². The molecule has 11 heteroatoms. The van der Waals surface area contributed by atoms with Crippen molar-refractivity contribution < 1.29 is 40.0 Å². The minimum Gasteiger partial charge on any atom is -0.492 e. The van der Waals surface area contributed by atoms with Crippen molar-refractivity contribution in [3.05, 3.63) is 23.8 Å². The van der Waals surface area contributed by atoms with Gasteiger partial charge < -0.3 is 19.0 Å². The maximum Gasteiger partial charge on any atom is 0.534 e. The molecule has 0 saturated heterocycles. The largest absolute Gasteiger partial charge is 0.534 e. The predicted octanol–water partition coefficient (Wildman–Crippen LogP) is 2.93. The summed E-state index contributed by atoms with van der Waals surface area (Å²) in [5.74, 6) is -0.470. The van der Waals surface area contributed by atoms with Gasteiger partial charge in [0, 0.05) is 18.5 Å². The van der Waals surface area contributed by atoms with Crippen LogP contribution in [0, 0.1) is 0 Å². The molecule has 1 aromatic rings. The lowest BCUT2D eigenvalue weighted by Crippen LogP contribution is -2.40. The van der Waals surface area contributed by atoms with E-state index in [1.807, 2.05) is 0 Å². The molecule has 1 unspecified atom stereocenters. The van der Waals surface area contributed by atoms with Gasteiger partial charge in [0.15, 0.2) is 0 Å². The Hall–Kier alpha value is -2.01. The fourth-order valence-corrected chi connectivity index (χ4v) is 3.09. The molecule has 1 aliphatic rings. The Morgan fingerprint density at radius 2 is 1.97 bits per heavy atom. The molecule has 0 fully saturated rings. The van der Waals surface area contributed by atoms with Crippen molar-refractivity contribution in [3.63, 3.8) is 0 Å². The minimum atomic E-state index is -5.73. The van der Waals surface area contributed by atoms with E-state index >= 15 is 0 Å². The van der Waals surface area contributed by atoms with Crippen molar-refractivity contribution in [2.24, 2.45) is 0 Å². The molecule has 1 aromatic carbocycles. The summed E-state index contributed by atoms with van der Waals surface area (Å²) in [5.41, 5.74) is -5.32. The Labute approximate surface area is 167 Å². The normalized spacial score (nSPS) is 17.2. The van der Waals surface area contributed by atoms with Crippen molar-refractivity contribution in [1.29, 1.82) is 0 Å².